The number of nitrogens with zero attached hydrogens (tertiary/aromatic N) is 1. The first-order valence-corrected chi connectivity index (χ1v) is 6.72. The van der Waals surface area contributed by atoms with E-state index in [1.54, 1.807) is 12.1 Å². The highest BCUT2D eigenvalue weighted by Gasteiger charge is 2.20. The van der Waals surface area contributed by atoms with Gasteiger partial charge in [-0.15, -0.1) is 0 Å². The quantitative estimate of drug-likeness (QED) is 0.784. The van der Waals surface area contributed by atoms with Crippen molar-refractivity contribution >= 4 is 11.5 Å². The lowest BCUT2D eigenvalue weighted by Gasteiger charge is -2.29. The van der Waals surface area contributed by atoms with E-state index in [0.717, 1.165) is 19.4 Å². The summed E-state index contributed by atoms with van der Waals surface area (Å²) in [4.78, 5) is 13.5. The summed E-state index contributed by atoms with van der Waals surface area (Å²) < 4.78 is 19.4. The van der Waals surface area contributed by atoms with E-state index in [0.29, 0.717) is 12.2 Å². The van der Waals surface area contributed by atoms with Crippen LogP contribution < -0.4 is 4.90 Å². The van der Waals surface area contributed by atoms with Crippen LogP contribution in [0.5, 0.6) is 0 Å². The van der Waals surface area contributed by atoms with E-state index in [9.17, 15) is 9.18 Å². The van der Waals surface area contributed by atoms with Crippen LogP contribution >= 0.6 is 0 Å². The average Bonchev–Trinajstić information content (AvgIpc) is 2.39. The van der Waals surface area contributed by atoms with Gasteiger partial charge in [0.25, 0.3) is 0 Å². The first-order chi connectivity index (χ1) is 9.09. The lowest BCUT2D eigenvalue weighted by Crippen LogP contribution is -2.34. The standard InChI is InChI=1S/C15H20FNO2/c1-11(18)15-13(16)7-5-8-14(15)17(2)10-12-6-3-4-9-19-12/h5,7-8,12H,3-4,6,9-10H2,1-2H3. The zero-order valence-electron chi connectivity index (χ0n) is 11.5. The molecule has 1 saturated heterocycles. The number of halogens is 1. The molecule has 1 aromatic rings. The molecule has 1 aromatic carbocycles. The number of ketones is 1. The van der Waals surface area contributed by atoms with Gasteiger partial charge in [0.1, 0.15) is 5.82 Å². The van der Waals surface area contributed by atoms with E-state index in [4.69, 9.17) is 4.74 Å². The van der Waals surface area contributed by atoms with Crippen molar-refractivity contribution in [3.05, 3.63) is 29.6 Å². The van der Waals surface area contributed by atoms with E-state index >= 15 is 0 Å². The van der Waals surface area contributed by atoms with Gasteiger partial charge in [-0.25, -0.2) is 4.39 Å². The molecule has 1 atom stereocenters. The van der Waals surface area contributed by atoms with Crippen molar-refractivity contribution < 1.29 is 13.9 Å². The molecule has 1 aliphatic rings. The van der Waals surface area contributed by atoms with Gasteiger partial charge < -0.3 is 9.64 Å². The molecule has 0 N–H and O–H groups in total. The van der Waals surface area contributed by atoms with Crippen molar-refractivity contribution in [3.63, 3.8) is 0 Å². The molecular weight excluding hydrogens is 245 g/mol. The van der Waals surface area contributed by atoms with Crippen LogP contribution in [0, 0.1) is 5.82 Å². The maximum Gasteiger partial charge on any atom is 0.164 e. The summed E-state index contributed by atoms with van der Waals surface area (Å²) in [5, 5.41) is 0. The first-order valence-electron chi connectivity index (χ1n) is 6.72. The van der Waals surface area contributed by atoms with E-state index in [2.05, 4.69) is 0 Å². The summed E-state index contributed by atoms with van der Waals surface area (Å²) in [5.41, 5.74) is 0.808. The fourth-order valence-corrected chi connectivity index (χ4v) is 2.53. The van der Waals surface area contributed by atoms with Gasteiger partial charge in [0.15, 0.2) is 5.78 Å². The smallest absolute Gasteiger partial charge is 0.164 e. The predicted molar refractivity (Wildman–Crippen MR) is 73.3 cm³/mol. The Bertz CT molecular complexity index is 455. The van der Waals surface area contributed by atoms with Crippen molar-refractivity contribution in [2.45, 2.75) is 32.3 Å². The lowest BCUT2D eigenvalue weighted by molar-refractivity contribution is 0.0216. The largest absolute Gasteiger partial charge is 0.376 e. The first kappa shape index (κ1) is 14.0. The lowest BCUT2D eigenvalue weighted by atomic mass is 10.1. The van der Waals surface area contributed by atoms with E-state index < -0.39 is 5.82 Å². The highest BCUT2D eigenvalue weighted by atomic mass is 19.1. The molecule has 2 rings (SSSR count). The number of carbonyl (C=O) groups is 1. The molecule has 0 spiro atoms. The van der Waals surface area contributed by atoms with E-state index in [1.807, 2.05) is 11.9 Å². The Hall–Kier alpha value is -1.42. The second kappa shape index (κ2) is 6.15. The summed E-state index contributed by atoms with van der Waals surface area (Å²) in [5.74, 6) is -0.703. The van der Waals surface area contributed by atoms with Gasteiger partial charge in [-0.1, -0.05) is 6.07 Å². The number of hydrogen-bond donors (Lipinski definition) is 0. The summed E-state index contributed by atoms with van der Waals surface area (Å²) in [7, 11) is 1.87. The maximum atomic E-state index is 13.8. The van der Waals surface area contributed by atoms with Gasteiger partial charge in [-0.05, 0) is 38.3 Å². The molecule has 0 saturated carbocycles. The van der Waals surface area contributed by atoms with Crippen molar-refractivity contribution in [2.24, 2.45) is 0 Å². The Labute approximate surface area is 113 Å². The Morgan fingerprint density at radius 1 is 1.47 bits per heavy atom. The molecule has 0 amide bonds. The van der Waals surface area contributed by atoms with Gasteiger partial charge >= 0.3 is 0 Å². The Kier molecular flexibility index (Phi) is 4.53. The van der Waals surface area contributed by atoms with E-state index in [-0.39, 0.29) is 17.5 Å². The third-order valence-electron chi connectivity index (χ3n) is 3.51. The maximum absolute atomic E-state index is 13.8. The summed E-state index contributed by atoms with van der Waals surface area (Å²) in [6.07, 6.45) is 3.47. The van der Waals surface area contributed by atoms with Crippen LogP contribution in [-0.2, 0) is 4.74 Å². The van der Waals surface area contributed by atoms with Gasteiger partial charge in [0.05, 0.1) is 17.4 Å². The topological polar surface area (TPSA) is 29.5 Å². The molecule has 0 aliphatic carbocycles. The molecular formula is C15H20FNO2. The van der Waals surface area contributed by atoms with Crippen LogP contribution in [0.1, 0.15) is 36.5 Å². The van der Waals surface area contributed by atoms with Gasteiger partial charge in [-0.3, -0.25) is 4.79 Å². The minimum absolute atomic E-state index is 0.167. The number of carbonyl (C=O) groups excluding carboxylic acids is 1. The monoisotopic (exact) mass is 265 g/mol. The fourth-order valence-electron chi connectivity index (χ4n) is 2.53. The Morgan fingerprint density at radius 2 is 2.26 bits per heavy atom. The zero-order valence-corrected chi connectivity index (χ0v) is 11.5. The summed E-state index contributed by atoms with van der Waals surface area (Å²) >= 11 is 0. The zero-order chi connectivity index (χ0) is 13.8. The third kappa shape index (κ3) is 3.32. The molecule has 1 unspecified atom stereocenters. The molecule has 4 heteroatoms. The Morgan fingerprint density at radius 3 is 2.89 bits per heavy atom. The molecule has 0 radical (unpaired) electrons. The normalized spacial score (nSPS) is 19.2. The molecule has 0 aromatic heterocycles. The molecule has 19 heavy (non-hydrogen) atoms. The minimum atomic E-state index is -0.457. The number of likely N-dealkylation sites (N-methyl/N-ethyl adjacent to an activating group) is 1. The fraction of sp³-hybridized carbons (Fsp3) is 0.533. The van der Waals surface area contributed by atoms with Crippen molar-refractivity contribution in [1.29, 1.82) is 0 Å². The second-order valence-electron chi connectivity index (χ2n) is 5.06. The van der Waals surface area contributed by atoms with Gasteiger partial charge in [0.2, 0.25) is 0 Å². The van der Waals surface area contributed by atoms with Crippen LogP contribution in [0.2, 0.25) is 0 Å². The third-order valence-corrected chi connectivity index (χ3v) is 3.51. The second-order valence-corrected chi connectivity index (χ2v) is 5.06. The molecule has 1 aliphatic heterocycles. The van der Waals surface area contributed by atoms with Crippen LogP contribution in [-0.4, -0.2) is 32.1 Å². The Balaban J connectivity index is 2.16. The van der Waals surface area contributed by atoms with Crippen LogP contribution in [0.4, 0.5) is 10.1 Å². The molecule has 1 fully saturated rings. The van der Waals surface area contributed by atoms with Gasteiger partial charge in [0, 0.05) is 20.2 Å². The molecule has 104 valence electrons. The SMILES string of the molecule is CC(=O)c1c(F)cccc1N(C)CC1CCCCO1. The average molecular weight is 265 g/mol. The van der Waals surface area contributed by atoms with E-state index in [1.165, 1.54) is 19.4 Å². The molecule has 3 nitrogen and oxygen atoms in total. The number of anilines is 1. The van der Waals surface area contributed by atoms with Crippen molar-refractivity contribution in [3.8, 4) is 0 Å². The van der Waals surface area contributed by atoms with Crippen LogP contribution in [0.3, 0.4) is 0 Å². The predicted octanol–water partition coefficient (Wildman–Crippen LogP) is 3.03. The highest BCUT2D eigenvalue weighted by molar-refractivity contribution is 6.00. The number of rotatable bonds is 4. The molecule has 1 heterocycles. The van der Waals surface area contributed by atoms with Gasteiger partial charge in [-0.2, -0.15) is 0 Å². The van der Waals surface area contributed by atoms with Crippen LogP contribution in [0.25, 0.3) is 0 Å². The van der Waals surface area contributed by atoms with Crippen molar-refractivity contribution in [2.75, 3.05) is 25.1 Å². The van der Waals surface area contributed by atoms with Crippen molar-refractivity contribution in [1.82, 2.24) is 0 Å². The molecule has 0 bridgehead atoms. The number of hydrogen-bond acceptors (Lipinski definition) is 3. The summed E-state index contributed by atoms with van der Waals surface area (Å²) in [6.45, 7) is 2.87. The minimum Gasteiger partial charge on any atom is -0.376 e. The number of ether oxygens (including phenoxy) is 1. The highest BCUT2D eigenvalue weighted by Crippen LogP contribution is 2.24. The summed E-state index contributed by atoms with van der Waals surface area (Å²) in [6, 6.07) is 4.74. The number of Topliss-reactive ketones (excluding diaryl/α,β-unsaturated/α-hetero) is 1. The number of benzene rings is 1. The van der Waals surface area contributed by atoms with Crippen LogP contribution in [0.15, 0.2) is 18.2 Å².